The predicted octanol–water partition coefficient (Wildman–Crippen LogP) is 1.92. The molecule has 0 atom stereocenters. The van der Waals surface area contributed by atoms with Gasteiger partial charge in [0.2, 0.25) is 5.91 Å². The number of para-hydroxylation sites is 1. The molecule has 0 bridgehead atoms. The van der Waals surface area contributed by atoms with Gasteiger partial charge >= 0.3 is 0 Å². The lowest BCUT2D eigenvalue weighted by molar-refractivity contribution is -0.130. The van der Waals surface area contributed by atoms with Crippen molar-refractivity contribution in [2.45, 2.75) is 6.42 Å². The van der Waals surface area contributed by atoms with Crippen molar-refractivity contribution in [1.82, 2.24) is 20.1 Å². The van der Waals surface area contributed by atoms with Gasteiger partial charge in [-0.15, -0.1) is 10.2 Å². The lowest BCUT2D eigenvalue weighted by Gasteiger charge is -2.35. The third-order valence-electron chi connectivity index (χ3n) is 5.07. The van der Waals surface area contributed by atoms with E-state index in [4.69, 9.17) is 0 Å². The first kappa shape index (κ1) is 17.3. The van der Waals surface area contributed by atoms with Crippen LogP contribution in [0.4, 0.5) is 11.6 Å². The molecule has 1 aliphatic rings. The summed E-state index contributed by atoms with van der Waals surface area (Å²) in [5.74, 6) is 1.88. The van der Waals surface area contributed by atoms with Gasteiger partial charge in [-0.25, -0.2) is 0 Å². The highest BCUT2D eigenvalue weighted by molar-refractivity contribution is 5.89. The Hall–Kier alpha value is -3.09. The van der Waals surface area contributed by atoms with Gasteiger partial charge in [-0.2, -0.15) is 0 Å². The van der Waals surface area contributed by atoms with Crippen LogP contribution in [0.15, 0.2) is 42.6 Å². The minimum Gasteiger partial charge on any atom is -0.361 e. The summed E-state index contributed by atoms with van der Waals surface area (Å²) in [4.78, 5) is 22.0. The van der Waals surface area contributed by atoms with Crippen LogP contribution in [0.3, 0.4) is 0 Å². The van der Waals surface area contributed by atoms with E-state index in [0.29, 0.717) is 19.5 Å². The molecule has 0 aliphatic carbocycles. The molecule has 3 aromatic rings. The number of anilines is 2. The Morgan fingerprint density at radius 3 is 2.56 bits per heavy atom. The first-order valence-electron chi connectivity index (χ1n) is 9.20. The topological polar surface area (TPSA) is 68.4 Å². The molecule has 0 saturated carbocycles. The molecule has 27 heavy (non-hydrogen) atoms. The second kappa shape index (κ2) is 7.26. The summed E-state index contributed by atoms with van der Waals surface area (Å²) in [7, 11) is 3.89. The first-order valence-corrected chi connectivity index (χ1v) is 9.20. The van der Waals surface area contributed by atoms with Crippen LogP contribution in [0.2, 0.25) is 0 Å². The van der Waals surface area contributed by atoms with Crippen LogP contribution in [-0.2, 0) is 11.2 Å². The van der Waals surface area contributed by atoms with Crippen molar-refractivity contribution in [1.29, 1.82) is 0 Å². The van der Waals surface area contributed by atoms with E-state index in [2.05, 4.69) is 26.1 Å². The maximum atomic E-state index is 12.7. The number of nitrogens with zero attached hydrogens (tertiary/aromatic N) is 5. The summed E-state index contributed by atoms with van der Waals surface area (Å²) in [6.07, 6.45) is 2.38. The summed E-state index contributed by atoms with van der Waals surface area (Å²) < 4.78 is 0. The second-order valence-electron chi connectivity index (χ2n) is 7.05. The van der Waals surface area contributed by atoms with E-state index in [1.165, 1.54) is 0 Å². The van der Waals surface area contributed by atoms with Gasteiger partial charge in [0.25, 0.3) is 0 Å². The lowest BCUT2D eigenvalue weighted by Crippen LogP contribution is -2.49. The molecule has 2 aromatic heterocycles. The number of benzene rings is 1. The Balaban J connectivity index is 1.36. The number of nitrogens with one attached hydrogen (secondary N) is 1. The number of H-pyrrole nitrogens is 1. The zero-order chi connectivity index (χ0) is 18.8. The van der Waals surface area contributed by atoms with Gasteiger partial charge in [0.05, 0.1) is 6.42 Å². The highest BCUT2D eigenvalue weighted by atomic mass is 16.2. The number of rotatable bonds is 4. The van der Waals surface area contributed by atoms with Crippen LogP contribution in [0.5, 0.6) is 0 Å². The molecular weight excluding hydrogens is 340 g/mol. The minimum absolute atomic E-state index is 0.174. The van der Waals surface area contributed by atoms with Crippen molar-refractivity contribution < 1.29 is 4.79 Å². The fourth-order valence-electron chi connectivity index (χ4n) is 3.46. The second-order valence-corrected chi connectivity index (χ2v) is 7.05. The molecule has 140 valence electrons. The highest BCUT2D eigenvalue weighted by Gasteiger charge is 2.23. The predicted molar refractivity (Wildman–Crippen MR) is 107 cm³/mol. The van der Waals surface area contributed by atoms with Crippen molar-refractivity contribution >= 4 is 28.4 Å². The van der Waals surface area contributed by atoms with Crippen LogP contribution in [-0.4, -0.2) is 66.3 Å². The average Bonchev–Trinajstić information content (AvgIpc) is 3.11. The van der Waals surface area contributed by atoms with E-state index in [0.717, 1.165) is 41.2 Å². The number of amides is 1. The average molecular weight is 364 g/mol. The van der Waals surface area contributed by atoms with Crippen molar-refractivity contribution in [3.8, 4) is 0 Å². The maximum Gasteiger partial charge on any atom is 0.227 e. The van der Waals surface area contributed by atoms with Crippen LogP contribution >= 0.6 is 0 Å². The number of carbonyl (C=O) groups is 1. The molecule has 4 rings (SSSR count). The van der Waals surface area contributed by atoms with Gasteiger partial charge in [-0.05, 0) is 23.8 Å². The smallest absolute Gasteiger partial charge is 0.227 e. The molecule has 1 aliphatic heterocycles. The van der Waals surface area contributed by atoms with E-state index in [-0.39, 0.29) is 5.91 Å². The Labute approximate surface area is 158 Å². The third-order valence-corrected chi connectivity index (χ3v) is 5.07. The molecule has 3 heterocycles. The standard InChI is InChI=1S/C20H24N6O/c1-24(2)18-7-8-19(23-22-18)25-9-11-26(12-10-25)20(27)13-15-14-21-17-6-4-3-5-16(15)17/h3-8,14,21H,9-13H2,1-2H3. The van der Waals surface area contributed by atoms with Gasteiger partial charge in [-0.3, -0.25) is 4.79 Å². The van der Waals surface area contributed by atoms with Crippen LogP contribution in [0, 0.1) is 0 Å². The molecule has 1 fully saturated rings. The van der Waals surface area contributed by atoms with Crippen LogP contribution < -0.4 is 9.80 Å². The Morgan fingerprint density at radius 2 is 1.85 bits per heavy atom. The monoisotopic (exact) mass is 364 g/mol. The van der Waals surface area contributed by atoms with Crippen LogP contribution in [0.1, 0.15) is 5.56 Å². The van der Waals surface area contributed by atoms with E-state index in [1.54, 1.807) is 0 Å². The zero-order valence-corrected chi connectivity index (χ0v) is 15.7. The molecule has 0 unspecified atom stereocenters. The molecule has 1 amide bonds. The summed E-state index contributed by atoms with van der Waals surface area (Å²) in [5.41, 5.74) is 2.13. The molecule has 1 saturated heterocycles. The number of aromatic nitrogens is 3. The van der Waals surface area contributed by atoms with Gasteiger partial charge in [-0.1, -0.05) is 18.2 Å². The summed E-state index contributed by atoms with van der Waals surface area (Å²) in [6, 6.07) is 12.1. The first-order chi connectivity index (χ1) is 13.1. The van der Waals surface area contributed by atoms with Gasteiger partial charge in [0, 0.05) is 57.4 Å². The summed E-state index contributed by atoms with van der Waals surface area (Å²) in [6.45, 7) is 2.96. The van der Waals surface area contributed by atoms with Gasteiger partial charge in [0.15, 0.2) is 11.6 Å². The minimum atomic E-state index is 0.174. The van der Waals surface area contributed by atoms with Crippen molar-refractivity contribution in [2.75, 3.05) is 50.1 Å². The molecule has 7 nitrogen and oxygen atoms in total. The lowest BCUT2D eigenvalue weighted by atomic mass is 10.1. The normalized spacial score (nSPS) is 14.6. The Bertz CT molecular complexity index is 925. The molecule has 7 heteroatoms. The van der Waals surface area contributed by atoms with Crippen molar-refractivity contribution in [3.63, 3.8) is 0 Å². The molecular formula is C20H24N6O. The third kappa shape index (κ3) is 3.58. The number of aromatic amines is 1. The van der Waals surface area contributed by atoms with E-state index in [9.17, 15) is 4.79 Å². The summed E-state index contributed by atoms with van der Waals surface area (Å²) in [5, 5.41) is 9.68. The fourth-order valence-corrected chi connectivity index (χ4v) is 3.46. The fraction of sp³-hybridized carbons (Fsp3) is 0.350. The molecule has 0 spiro atoms. The number of hydrogen-bond donors (Lipinski definition) is 1. The van der Waals surface area contributed by atoms with Gasteiger partial charge in [0.1, 0.15) is 0 Å². The van der Waals surface area contributed by atoms with E-state index < -0.39 is 0 Å². The number of carbonyl (C=O) groups excluding carboxylic acids is 1. The molecule has 0 radical (unpaired) electrons. The number of piperazine rings is 1. The quantitative estimate of drug-likeness (QED) is 0.766. The van der Waals surface area contributed by atoms with Gasteiger partial charge < -0.3 is 19.7 Å². The molecule has 1 aromatic carbocycles. The SMILES string of the molecule is CN(C)c1ccc(N2CCN(C(=O)Cc3c[nH]c4ccccc34)CC2)nn1. The van der Waals surface area contributed by atoms with Crippen LogP contribution in [0.25, 0.3) is 10.9 Å². The zero-order valence-electron chi connectivity index (χ0n) is 15.7. The Morgan fingerprint density at radius 1 is 1.07 bits per heavy atom. The van der Waals surface area contributed by atoms with Crippen molar-refractivity contribution in [3.05, 3.63) is 48.2 Å². The Kier molecular flexibility index (Phi) is 4.66. The molecule has 1 N–H and O–H groups in total. The number of fused-ring (bicyclic) bond motifs is 1. The largest absolute Gasteiger partial charge is 0.361 e. The number of hydrogen-bond acceptors (Lipinski definition) is 5. The van der Waals surface area contributed by atoms with E-state index >= 15 is 0 Å². The maximum absolute atomic E-state index is 12.7. The highest BCUT2D eigenvalue weighted by Crippen LogP contribution is 2.20. The van der Waals surface area contributed by atoms with Crippen molar-refractivity contribution in [2.24, 2.45) is 0 Å². The summed E-state index contributed by atoms with van der Waals surface area (Å²) >= 11 is 0. The van der Waals surface area contributed by atoms with E-state index in [1.807, 2.05) is 60.4 Å².